The number of hydrogen-bond donors (Lipinski definition) is 0. The highest BCUT2D eigenvalue weighted by Crippen LogP contribution is 2.62. The Labute approximate surface area is 208 Å². The number of hydrogen-bond acceptors (Lipinski definition) is 5. The summed E-state index contributed by atoms with van der Waals surface area (Å²) < 4.78 is 11.8. The Balaban J connectivity index is 1.60. The summed E-state index contributed by atoms with van der Waals surface area (Å²) in [5.74, 6) is 1.24. The number of benzene rings is 2. The first kappa shape index (κ1) is 23.0. The molecule has 1 fully saturated rings. The molecule has 1 heterocycles. The summed E-state index contributed by atoms with van der Waals surface area (Å²) in [5.41, 5.74) is 0.921. The van der Waals surface area contributed by atoms with Gasteiger partial charge in [0.25, 0.3) is 5.91 Å². The maximum atomic E-state index is 13.9. The van der Waals surface area contributed by atoms with Gasteiger partial charge in [-0.15, -0.1) is 0 Å². The second kappa shape index (κ2) is 8.49. The third-order valence-corrected chi connectivity index (χ3v) is 8.58. The van der Waals surface area contributed by atoms with Gasteiger partial charge in [-0.05, 0) is 79.8 Å². The van der Waals surface area contributed by atoms with Gasteiger partial charge in [-0.3, -0.25) is 9.69 Å². The van der Waals surface area contributed by atoms with Crippen LogP contribution in [0.2, 0.25) is 10.0 Å². The van der Waals surface area contributed by atoms with Gasteiger partial charge in [-0.25, -0.2) is 4.99 Å². The molecule has 2 spiro atoms. The Bertz CT molecular complexity index is 1130. The fourth-order valence-corrected chi connectivity index (χ4v) is 6.92. The number of halogens is 2. The van der Waals surface area contributed by atoms with E-state index in [2.05, 4.69) is 6.07 Å². The molecular weight excluding hydrogens is 479 g/mol. The van der Waals surface area contributed by atoms with Crippen molar-refractivity contribution in [2.45, 2.75) is 43.7 Å². The number of fused-ring (bicyclic) bond motifs is 3. The lowest BCUT2D eigenvalue weighted by Crippen LogP contribution is -2.51. The van der Waals surface area contributed by atoms with E-state index < -0.39 is 5.54 Å². The van der Waals surface area contributed by atoms with Crippen molar-refractivity contribution in [1.82, 2.24) is 4.90 Å². The normalized spacial score (nSPS) is 28.5. The molecule has 2 aromatic rings. The Morgan fingerprint density at radius 1 is 1.09 bits per heavy atom. The number of rotatable bonds is 3. The topological polar surface area (TPSA) is 51.1 Å². The molecule has 174 valence electrons. The number of carbonyl (C=O) groups excluding carboxylic acids is 1. The van der Waals surface area contributed by atoms with Crippen molar-refractivity contribution in [3.8, 4) is 11.5 Å². The predicted octanol–water partition coefficient (Wildman–Crippen LogP) is 6.30. The molecule has 0 radical (unpaired) electrons. The fourth-order valence-electron chi connectivity index (χ4n) is 5.83. The smallest absolute Gasteiger partial charge is 0.261 e. The van der Waals surface area contributed by atoms with Crippen LogP contribution in [0.5, 0.6) is 11.5 Å². The number of amides is 1. The molecule has 3 aliphatic rings. The summed E-state index contributed by atoms with van der Waals surface area (Å²) in [6.07, 6.45) is 6.67. The van der Waals surface area contributed by atoms with Crippen molar-refractivity contribution in [3.63, 3.8) is 0 Å². The van der Waals surface area contributed by atoms with Gasteiger partial charge >= 0.3 is 0 Å². The summed E-state index contributed by atoms with van der Waals surface area (Å²) in [5, 5.41) is 1.77. The van der Waals surface area contributed by atoms with Crippen LogP contribution in [0.3, 0.4) is 0 Å². The van der Waals surface area contributed by atoms with Crippen molar-refractivity contribution in [2.24, 2.45) is 10.4 Å². The zero-order valence-electron chi connectivity index (χ0n) is 18.9. The second-order valence-corrected chi connectivity index (χ2v) is 10.7. The fraction of sp³-hybridized carbons (Fsp3) is 0.440. The lowest BCUT2D eigenvalue weighted by Gasteiger charge is -2.45. The number of ether oxygens (including phenoxy) is 2. The highest BCUT2D eigenvalue weighted by atomic mass is 35.5. The number of likely N-dealkylation sites (N-methyl/N-ethyl adjacent to an activating group) is 1. The number of aliphatic imine (C=N–C) groups is 1. The maximum absolute atomic E-state index is 13.9. The predicted molar refractivity (Wildman–Crippen MR) is 134 cm³/mol. The molecule has 0 N–H and O–H groups in total. The third kappa shape index (κ3) is 3.57. The van der Waals surface area contributed by atoms with Gasteiger partial charge < -0.3 is 9.47 Å². The molecule has 1 unspecified atom stereocenters. The quantitative estimate of drug-likeness (QED) is 0.491. The molecule has 0 aromatic heterocycles. The summed E-state index contributed by atoms with van der Waals surface area (Å²) >= 11 is 13.8. The summed E-state index contributed by atoms with van der Waals surface area (Å²) in [4.78, 5) is 20.8. The zero-order valence-corrected chi connectivity index (χ0v) is 21.2. The molecule has 2 aliphatic carbocycles. The van der Waals surface area contributed by atoms with Crippen LogP contribution < -0.4 is 4.74 Å². The van der Waals surface area contributed by atoms with Crippen molar-refractivity contribution >= 4 is 46.0 Å². The second-order valence-electron chi connectivity index (χ2n) is 9.09. The van der Waals surface area contributed by atoms with Crippen LogP contribution in [0.1, 0.15) is 36.8 Å². The molecule has 2 aromatic carbocycles. The molecule has 5 rings (SSSR count). The molecule has 1 saturated carbocycles. The van der Waals surface area contributed by atoms with Gasteiger partial charge in [0.15, 0.2) is 10.7 Å². The zero-order chi connectivity index (χ0) is 23.4. The van der Waals surface area contributed by atoms with E-state index in [4.69, 9.17) is 37.7 Å². The van der Waals surface area contributed by atoms with E-state index in [1.807, 2.05) is 25.4 Å². The Morgan fingerprint density at radius 3 is 2.39 bits per heavy atom. The van der Waals surface area contributed by atoms with E-state index in [1.165, 1.54) is 11.8 Å². The number of amidine groups is 1. The Kier molecular flexibility index (Phi) is 5.93. The summed E-state index contributed by atoms with van der Waals surface area (Å²) in [6, 6.07) is 11.1. The van der Waals surface area contributed by atoms with Crippen LogP contribution in [0.15, 0.2) is 41.4 Å². The first-order chi connectivity index (χ1) is 15.8. The monoisotopic (exact) mass is 504 g/mol. The average Bonchev–Trinajstić information content (AvgIpc) is 3.20. The molecule has 5 nitrogen and oxygen atoms in total. The maximum Gasteiger partial charge on any atom is 0.261 e. The molecule has 1 atom stereocenters. The van der Waals surface area contributed by atoms with Crippen LogP contribution in [-0.4, -0.2) is 42.5 Å². The van der Waals surface area contributed by atoms with E-state index in [1.54, 1.807) is 30.2 Å². The van der Waals surface area contributed by atoms with Crippen LogP contribution in [0.4, 0.5) is 0 Å². The first-order valence-corrected chi connectivity index (χ1v) is 13.0. The van der Waals surface area contributed by atoms with Gasteiger partial charge in [-0.1, -0.05) is 41.0 Å². The molecular formula is C25H26Cl2N2O3S. The minimum absolute atomic E-state index is 0.0458. The van der Waals surface area contributed by atoms with Crippen LogP contribution in [-0.2, 0) is 21.5 Å². The van der Waals surface area contributed by atoms with Crippen molar-refractivity contribution in [1.29, 1.82) is 0 Å². The summed E-state index contributed by atoms with van der Waals surface area (Å²) in [6.45, 7) is 0. The number of thioether (sulfide) groups is 1. The van der Waals surface area contributed by atoms with Gasteiger partial charge in [-0.2, -0.15) is 0 Å². The number of carbonyl (C=O) groups is 1. The van der Waals surface area contributed by atoms with Crippen molar-refractivity contribution in [2.75, 3.05) is 20.4 Å². The van der Waals surface area contributed by atoms with Gasteiger partial charge in [0, 0.05) is 29.6 Å². The lowest BCUT2D eigenvalue weighted by atomic mass is 9.61. The van der Waals surface area contributed by atoms with E-state index in [-0.39, 0.29) is 17.4 Å². The van der Waals surface area contributed by atoms with Crippen molar-refractivity contribution < 1.29 is 14.3 Å². The van der Waals surface area contributed by atoms with E-state index in [9.17, 15) is 4.79 Å². The number of nitrogens with zero attached hydrogens (tertiary/aromatic N) is 2. The van der Waals surface area contributed by atoms with Crippen LogP contribution in [0, 0.1) is 5.41 Å². The first-order valence-electron chi connectivity index (χ1n) is 11.0. The lowest BCUT2D eigenvalue weighted by molar-refractivity contribution is -0.137. The van der Waals surface area contributed by atoms with Gasteiger partial charge in [0.2, 0.25) is 0 Å². The molecule has 0 bridgehead atoms. The van der Waals surface area contributed by atoms with E-state index in [0.29, 0.717) is 21.5 Å². The molecule has 33 heavy (non-hydrogen) atoms. The third-order valence-electron chi connectivity index (χ3n) is 7.41. The highest BCUT2D eigenvalue weighted by Gasteiger charge is 2.66. The van der Waals surface area contributed by atoms with E-state index >= 15 is 0 Å². The van der Waals surface area contributed by atoms with E-state index in [0.717, 1.165) is 48.4 Å². The van der Waals surface area contributed by atoms with Gasteiger partial charge in [0.1, 0.15) is 11.5 Å². The minimum atomic E-state index is -0.931. The standard InChI is InChI=1S/C25H26Cl2N2O3S/c1-29-22(30)25(28-23(29)33-3)21-13-19(32-20-11-16(26)10-17(27)12-20)5-4-15(21)14-24(25)8-6-18(31-2)7-9-24/h4-5,10-13,18H,6-9,14H2,1-3H3/t18-,24-,25?. The van der Waals surface area contributed by atoms with Crippen molar-refractivity contribution in [3.05, 3.63) is 57.6 Å². The molecule has 8 heteroatoms. The summed E-state index contributed by atoms with van der Waals surface area (Å²) in [7, 11) is 3.60. The SMILES string of the molecule is CO[C@H]1CC[C@]2(CC1)Cc1ccc(Oc3cc(Cl)cc(Cl)c3)cc1C21N=C(SC)N(C)C1=O. The van der Waals surface area contributed by atoms with Gasteiger partial charge in [0.05, 0.1) is 6.10 Å². The molecule has 1 aliphatic heterocycles. The average molecular weight is 505 g/mol. The molecule has 1 amide bonds. The highest BCUT2D eigenvalue weighted by molar-refractivity contribution is 8.13. The molecule has 0 saturated heterocycles. The van der Waals surface area contributed by atoms with Crippen LogP contribution in [0.25, 0.3) is 0 Å². The largest absolute Gasteiger partial charge is 0.457 e. The Hall–Kier alpha value is -1.73. The van der Waals surface area contributed by atoms with Crippen LogP contribution >= 0.6 is 35.0 Å². The number of methoxy groups -OCH3 is 1. The minimum Gasteiger partial charge on any atom is -0.457 e. The Morgan fingerprint density at radius 2 is 1.79 bits per heavy atom.